The average Bonchev–Trinajstić information content (AvgIpc) is 3.41. The summed E-state index contributed by atoms with van der Waals surface area (Å²) in [5.41, 5.74) is 4.10. The Kier molecular flexibility index (Phi) is 8.49. The van der Waals surface area contributed by atoms with Gasteiger partial charge >= 0.3 is 5.97 Å². The molecule has 3 aromatic rings. The number of carbonyl (C=O) groups is 2. The van der Waals surface area contributed by atoms with Gasteiger partial charge in [0.15, 0.2) is 11.5 Å². The van der Waals surface area contributed by atoms with Crippen LogP contribution in [0.5, 0.6) is 11.5 Å². The zero-order valence-corrected chi connectivity index (χ0v) is 28.8. The van der Waals surface area contributed by atoms with Crippen LogP contribution in [-0.2, 0) is 32.6 Å². The van der Waals surface area contributed by atoms with E-state index in [1.807, 2.05) is 48.2 Å². The molecular weight excluding hydrogens is 600 g/mol. The third-order valence-electron chi connectivity index (χ3n) is 11.1. The monoisotopic (exact) mass is 646 g/mol. The number of aryl methyl sites for hydroxylation is 1. The number of likely N-dealkylation sites (tertiary alicyclic amines) is 1. The molecule has 4 aliphatic rings. The first-order valence-corrected chi connectivity index (χ1v) is 17.4. The second-order valence-corrected chi connectivity index (χ2v) is 14.4. The molecule has 1 saturated heterocycles. The van der Waals surface area contributed by atoms with Crippen molar-refractivity contribution in [3.05, 3.63) is 94.5 Å². The molecule has 48 heavy (non-hydrogen) atoms. The SMILES string of the molecule is COc1ccc2c3c1O[C@H]1[C@@H](N(CC(C)C)C(=O)C#Cc4cccc(C)c4)CC[C@@]4(OC(C)=O)[C@@H](C2)N(CCc2ccccc2)CC[C@]314. The number of hydrogen-bond acceptors (Lipinski definition) is 6. The highest BCUT2D eigenvalue weighted by molar-refractivity contribution is 5.94. The second kappa shape index (κ2) is 12.6. The van der Waals surface area contributed by atoms with E-state index in [0.717, 1.165) is 54.8 Å². The van der Waals surface area contributed by atoms with Gasteiger partial charge in [-0.2, -0.15) is 0 Å². The van der Waals surface area contributed by atoms with Crippen molar-refractivity contribution < 1.29 is 23.8 Å². The van der Waals surface area contributed by atoms with Crippen molar-refractivity contribution in [1.29, 1.82) is 0 Å². The van der Waals surface area contributed by atoms with Crippen molar-refractivity contribution in [2.45, 2.75) is 89.0 Å². The van der Waals surface area contributed by atoms with Gasteiger partial charge in [0.2, 0.25) is 0 Å². The molecule has 7 nitrogen and oxygen atoms in total. The highest BCUT2D eigenvalue weighted by Gasteiger charge is 2.75. The fourth-order valence-electron chi connectivity index (χ4n) is 9.38. The van der Waals surface area contributed by atoms with E-state index in [1.54, 1.807) is 7.11 Å². The average molecular weight is 647 g/mol. The molecule has 2 fully saturated rings. The maximum atomic E-state index is 14.2. The summed E-state index contributed by atoms with van der Waals surface area (Å²) in [5, 5.41) is 0. The van der Waals surface area contributed by atoms with Gasteiger partial charge in [0.1, 0.15) is 11.7 Å². The molecule has 1 saturated carbocycles. The van der Waals surface area contributed by atoms with Gasteiger partial charge in [-0.1, -0.05) is 68.3 Å². The Bertz CT molecular complexity index is 1780. The molecule has 1 spiro atoms. The fraction of sp³-hybridized carbons (Fsp3) is 0.463. The number of amides is 1. The molecule has 0 unspecified atom stereocenters. The van der Waals surface area contributed by atoms with Crippen LogP contribution >= 0.6 is 0 Å². The molecule has 2 aliphatic carbocycles. The number of methoxy groups -OCH3 is 1. The van der Waals surface area contributed by atoms with E-state index < -0.39 is 17.1 Å². The van der Waals surface area contributed by atoms with Crippen molar-refractivity contribution in [3.63, 3.8) is 0 Å². The highest BCUT2D eigenvalue weighted by Crippen LogP contribution is 2.67. The van der Waals surface area contributed by atoms with Crippen LogP contribution < -0.4 is 9.47 Å². The minimum absolute atomic E-state index is 0.0203. The molecule has 5 atom stereocenters. The van der Waals surface area contributed by atoms with Gasteiger partial charge in [-0.25, -0.2) is 0 Å². The fourth-order valence-corrected chi connectivity index (χ4v) is 9.38. The molecule has 2 heterocycles. The third kappa shape index (κ3) is 5.26. The van der Waals surface area contributed by atoms with Crippen LogP contribution in [0.25, 0.3) is 0 Å². The van der Waals surface area contributed by atoms with Crippen LogP contribution in [0.3, 0.4) is 0 Å². The number of hydrogen-bond donors (Lipinski definition) is 0. The molecule has 3 aromatic carbocycles. The molecule has 2 aliphatic heterocycles. The maximum Gasteiger partial charge on any atom is 0.303 e. The number of nitrogens with zero attached hydrogens (tertiary/aromatic N) is 2. The molecule has 2 bridgehead atoms. The lowest BCUT2D eigenvalue weighted by Gasteiger charge is -2.65. The Morgan fingerprint density at radius 2 is 1.90 bits per heavy atom. The van der Waals surface area contributed by atoms with Crippen LogP contribution in [-0.4, -0.2) is 72.2 Å². The van der Waals surface area contributed by atoms with Crippen LogP contribution in [0.15, 0.2) is 66.7 Å². The smallest absolute Gasteiger partial charge is 0.303 e. The molecule has 0 N–H and O–H groups in total. The molecular formula is C41H46N2O5. The van der Waals surface area contributed by atoms with E-state index in [2.05, 4.69) is 60.9 Å². The Labute approximate surface area is 284 Å². The van der Waals surface area contributed by atoms with Crippen molar-refractivity contribution in [1.82, 2.24) is 9.80 Å². The Morgan fingerprint density at radius 1 is 1.08 bits per heavy atom. The van der Waals surface area contributed by atoms with Gasteiger partial charge in [-0.15, -0.1) is 0 Å². The van der Waals surface area contributed by atoms with Crippen molar-refractivity contribution >= 4 is 11.9 Å². The lowest BCUT2D eigenvalue weighted by atomic mass is 9.48. The van der Waals surface area contributed by atoms with Gasteiger partial charge in [0.25, 0.3) is 5.91 Å². The van der Waals surface area contributed by atoms with Crippen LogP contribution in [0.1, 0.15) is 67.9 Å². The highest BCUT2D eigenvalue weighted by atomic mass is 16.6. The topological polar surface area (TPSA) is 68.3 Å². The summed E-state index contributed by atoms with van der Waals surface area (Å²) in [5.74, 6) is 7.28. The maximum absolute atomic E-state index is 14.2. The first kappa shape index (κ1) is 32.3. The number of piperidine rings is 1. The second-order valence-electron chi connectivity index (χ2n) is 14.4. The predicted molar refractivity (Wildman–Crippen MR) is 185 cm³/mol. The largest absolute Gasteiger partial charge is 0.493 e. The Hall–Kier alpha value is -4.28. The Balaban J connectivity index is 1.32. The summed E-state index contributed by atoms with van der Waals surface area (Å²) < 4.78 is 19.7. The van der Waals surface area contributed by atoms with E-state index in [9.17, 15) is 9.59 Å². The van der Waals surface area contributed by atoms with E-state index in [4.69, 9.17) is 14.2 Å². The minimum Gasteiger partial charge on any atom is -0.493 e. The Morgan fingerprint density at radius 3 is 2.62 bits per heavy atom. The lowest BCUT2D eigenvalue weighted by molar-refractivity contribution is -0.224. The quantitative estimate of drug-likeness (QED) is 0.225. The summed E-state index contributed by atoms with van der Waals surface area (Å²) >= 11 is 0. The van der Waals surface area contributed by atoms with Crippen LogP contribution in [0.2, 0.25) is 0 Å². The molecule has 7 heteroatoms. The number of benzene rings is 3. The summed E-state index contributed by atoms with van der Waals surface area (Å²) in [6.07, 6.45) is 3.27. The summed E-state index contributed by atoms with van der Waals surface area (Å²) in [6, 6.07) is 22.4. The van der Waals surface area contributed by atoms with Crippen LogP contribution in [0, 0.1) is 24.7 Å². The molecule has 0 radical (unpaired) electrons. The molecule has 7 rings (SSSR count). The van der Waals surface area contributed by atoms with Crippen molar-refractivity contribution in [2.75, 3.05) is 26.7 Å². The summed E-state index contributed by atoms with van der Waals surface area (Å²) in [4.78, 5) is 31.8. The zero-order chi connectivity index (χ0) is 33.6. The lowest BCUT2D eigenvalue weighted by Crippen LogP contribution is -2.79. The van der Waals surface area contributed by atoms with Gasteiger partial charge in [0, 0.05) is 37.1 Å². The van der Waals surface area contributed by atoms with Gasteiger partial charge < -0.3 is 19.1 Å². The summed E-state index contributed by atoms with van der Waals surface area (Å²) in [7, 11) is 1.67. The third-order valence-corrected chi connectivity index (χ3v) is 11.1. The van der Waals surface area contributed by atoms with Gasteiger partial charge in [-0.3, -0.25) is 14.5 Å². The number of esters is 1. The number of ether oxygens (including phenoxy) is 3. The summed E-state index contributed by atoms with van der Waals surface area (Å²) in [6.45, 7) is 10.1. The first-order chi connectivity index (χ1) is 23.2. The van der Waals surface area contributed by atoms with Crippen molar-refractivity contribution in [3.8, 4) is 23.3 Å². The van der Waals surface area contributed by atoms with E-state index in [0.29, 0.717) is 25.1 Å². The minimum atomic E-state index is -0.806. The number of rotatable bonds is 8. The first-order valence-electron chi connectivity index (χ1n) is 17.4. The van der Waals surface area contributed by atoms with E-state index in [-0.39, 0.29) is 29.9 Å². The van der Waals surface area contributed by atoms with Gasteiger partial charge in [-0.05, 0) is 86.4 Å². The number of carbonyl (C=O) groups excluding carboxylic acids is 2. The molecule has 0 aromatic heterocycles. The standard InChI is InChI=1S/C41H46N2O5/c1-27(2)26-43(36(45)17-14-31-13-9-10-28(3)24-31)33-18-20-41(48-29(4)44)35-25-32-15-16-34(46-5)38-37(32)40(41,39(33)47-38)21-23-42(35)22-19-30-11-7-6-8-12-30/h6-13,15-16,24,27,33,35,39H,18-23,25-26H2,1-5H3/t33-,35+,39-,40-,41+/m0/s1. The van der Waals surface area contributed by atoms with E-state index >= 15 is 0 Å². The van der Waals surface area contributed by atoms with Gasteiger partial charge in [0.05, 0.1) is 24.6 Å². The zero-order valence-electron chi connectivity index (χ0n) is 28.8. The normalized spacial score (nSPS) is 26.5. The predicted octanol–water partition coefficient (Wildman–Crippen LogP) is 5.88. The molecule has 1 amide bonds. The van der Waals surface area contributed by atoms with E-state index in [1.165, 1.54) is 18.1 Å². The van der Waals surface area contributed by atoms with Crippen LogP contribution in [0.4, 0.5) is 0 Å². The molecule has 250 valence electrons. The van der Waals surface area contributed by atoms with Crippen molar-refractivity contribution in [2.24, 2.45) is 5.92 Å².